The molecule has 0 saturated carbocycles. The molecule has 2 aromatic rings. The molecular weight excluding hydrogens is 292 g/mol. The van der Waals surface area contributed by atoms with Crippen LogP contribution in [0.25, 0.3) is 0 Å². The maximum Gasteiger partial charge on any atom is 0.239 e. The van der Waals surface area contributed by atoms with Gasteiger partial charge in [0.25, 0.3) is 0 Å². The van der Waals surface area contributed by atoms with Gasteiger partial charge >= 0.3 is 0 Å². The fourth-order valence-electron chi connectivity index (χ4n) is 2.87. The number of anilines is 1. The fourth-order valence-corrected chi connectivity index (χ4v) is 2.87. The first kappa shape index (κ1) is 15.6. The summed E-state index contributed by atoms with van der Waals surface area (Å²) < 4.78 is 5.55. The lowest BCUT2D eigenvalue weighted by molar-refractivity contribution is -0.119. The van der Waals surface area contributed by atoms with Crippen molar-refractivity contribution in [2.45, 2.75) is 18.9 Å². The van der Waals surface area contributed by atoms with Crippen molar-refractivity contribution in [3.05, 3.63) is 48.7 Å². The predicted molar refractivity (Wildman–Crippen MR) is 88.0 cm³/mol. The predicted octanol–water partition coefficient (Wildman–Crippen LogP) is 2.04. The summed E-state index contributed by atoms with van der Waals surface area (Å²) >= 11 is 0. The van der Waals surface area contributed by atoms with Gasteiger partial charge in [-0.25, -0.2) is 0 Å². The van der Waals surface area contributed by atoms with Crippen LogP contribution in [0.3, 0.4) is 0 Å². The van der Waals surface area contributed by atoms with Gasteiger partial charge < -0.3 is 15.1 Å². The third-order valence-corrected chi connectivity index (χ3v) is 4.06. The van der Waals surface area contributed by atoms with E-state index in [2.05, 4.69) is 20.5 Å². The fraction of sp³-hybridized carbons (Fsp3) is 0.412. The summed E-state index contributed by atoms with van der Waals surface area (Å²) in [4.78, 5) is 18.4. The molecule has 2 aromatic heterocycles. The summed E-state index contributed by atoms with van der Waals surface area (Å²) in [5, 5.41) is 6.06. The van der Waals surface area contributed by atoms with E-state index in [0.29, 0.717) is 6.54 Å². The molecule has 0 radical (unpaired) electrons. The van der Waals surface area contributed by atoms with Crippen molar-refractivity contribution in [3.63, 3.8) is 0 Å². The first-order valence-electron chi connectivity index (χ1n) is 8.01. The summed E-state index contributed by atoms with van der Waals surface area (Å²) in [5.74, 6) is 0.872. The average molecular weight is 314 g/mol. The van der Waals surface area contributed by atoms with Crippen molar-refractivity contribution in [2.75, 3.05) is 31.5 Å². The number of nitrogens with zero attached hydrogens (tertiary/aromatic N) is 2. The Kier molecular flexibility index (Phi) is 5.26. The summed E-state index contributed by atoms with van der Waals surface area (Å²) in [6.07, 6.45) is 7.49. The second-order valence-electron chi connectivity index (χ2n) is 5.67. The maximum atomic E-state index is 12.1. The summed E-state index contributed by atoms with van der Waals surface area (Å²) in [5.41, 5.74) is 0.838. The highest BCUT2D eigenvalue weighted by Crippen LogP contribution is 2.24. The SMILES string of the molecule is O=C(CNc1cccnc1)NCC(c1ccco1)N1CCCC1. The number of hydrogen-bond acceptors (Lipinski definition) is 5. The average Bonchev–Trinajstić information content (AvgIpc) is 3.28. The molecule has 2 N–H and O–H groups in total. The molecule has 0 spiro atoms. The van der Waals surface area contributed by atoms with Crippen LogP contribution in [0.5, 0.6) is 0 Å². The number of pyridine rings is 1. The third-order valence-electron chi connectivity index (χ3n) is 4.06. The lowest BCUT2D eigenvalue weighted by Crippen LogP contribution is -2.38. The highest BCUT2D eigenvalue weighted by Gasteiger charge is 2.25. The molecule has 6 nitrogen and oxygen atoms in total. The smallest absolute Gasteiger partial charge is 0.239 e. The summed E-state index contributed by atoms with van der Waals surface area (Å²) in [6, 6.07) is 7.69. The number of furan rings is 1. The molecule has 1 aliphatic heterocycles. The van der Waals surface area contributed by atoms with E-state index in [1.807, 2.05) is 24.3 Å². The summed E-state index contributed by atoms with van der Waals surface area (Å²) in [7, 11) is 0. The van der Waals surface area contributed by atoms with Crippen LogP contribution in [0.15, 0.2) is 47.3 Å². The molecule has 3 heterocycles. The molecule has 3 rings (SSSR count). The van der Waals surface area contributed by atoms with E-state index < -0.39 is 0 Å². The van der Waals surface area contributed by atoms with E-state index in [1.54, 1.807) is 18.7 Å². The highest BCUT2D eigenvalue weighted by molar-refractivity contribution is 5.80. The maximum absolute atomic E-state index is 12.1. The Hall–Kier alpha value is -2.34. The minimum atomic E-state index is -0.0374. The molecule has 0 aliphatic carbocycles. The minimum absolute atomic E-state index is 0.0374. The zero-order chi connectivity index (χ0) is 15.9. The Morgan fingerprint density at radius 3 is 2.87 bits per heavy atom. The van der Waals surface area contributed by atoms with Gasteiger partial charge in [-0.3, -0.25) is 14.7 Å². The standard InChI is InChI=1S/C17H22N4O2/c22-17(13-19-14-5-3-7-18-11-14)20-12-15(16-6-4-10-23-16)21-8-1-2-9-21/h3-7,10-11,15,19H,1-2,8-9,12-13H2,(H,20,22). The molecule has 1 atom stereocenters. The van der Waals surface area contributed by atoms with Gasteiger partial charge in [0.15, 0.2) is 0 Å². The van der Waals surface area contributed by atoms with Gasteiger partial charge in [-0.15, -0.1) is 0 Å². The molecule has 1 fully saturated rings. The molecule has 1 amide bonds. The third kappa shape index (κ3) is 4.32. The monoisotopic (exact) mass is 314 g/mol. The lowest BCUT2D eigenvalue weighted by atomic mass is 10.2. The Labute approximate surface area is 135 Å². The number of carbonyl (C=O) groups excluding carboxylic acids is 1. The topological polar surface area (TPSA) is 70.4 Å². The van der Waals surface area contributed by atoms with E-state index in [4.69, 9.17) is 4.42 Å². The first-order valence-corrected chi connectivity index (χ1v) is 8.01. The molecule has 23 heavy (non-hydrogen) atoms. The normalized spacial score (nSPS) is 16.2. The van der Waals surface area contributed by atoms with Crippen LogP contribution in [-0.4, -0.2) is 42.0 Å². The van der Waals surface area contributed by atoms with Crippen LogP contribution in [0.2, 0.25) is 0 Å². The van der Waals surface area contributed by atoms with Gasteiger partial charge in [-0.2, -0.15) is 0 Å². The number of aromatic nitrogens is 1. The molecule has 1 unspecified atom stereocenters. The van der Waals surface area contributed by atoms with Crippen molar-refractivity contribution in [1.82, 2.24) is 15.2 Å². The number of rotatable bonds is 7. The zero-order valence-electron chi connectivity index (χ0n) is 13.1. The van der Waals surface area contributed by atoms with Crippen LogP contribution in [0.4, 0.5) is 5.69 Å². The van der Waals surface area contributed by atoms with Gasteiger partial charge in [-0.05, 0) is 50.2 Å². The number of amides is 1. The van der Waals surface area contributed by atoms with E-state index in [1.165, 1.54) is 12.8 Å². The first-order chi connectivity index (χ1) is 11.3. The van der Waals surface area contributed by atoms with Crippen LogP contribution in [-0.2, 0) is 4.79 Å². The van der Waals surface area contributed by atoms with Gasteiger partial charge in [0.05, 0.1) is 24.5 Å². The van der Waals surface area contributed by atoms with Crippen LogP contribution >= 0.6 is 0 Å². The Morgan fingerprint density at radius 1 is 1.30 bits per heavy atom. The molecule has 0 aromatic carbocycles. The molecule has 6 heteroatoms. The highest BCUT2D eigenvalue weighted by atomic mass is 16.3. The van der Waals surface area contributed by atoms with E-state index >= 15 is 0 Å². The van der Waals surface area contributed by atoms with E-state index in [0.717, 1.165) is 24.5 Å². The van der Waals surface area contributed by atoms with Crippen LogP contribution < -0.4 is 10.6 Å². The molecule has 0 bridgehead atoms. The summed E-state index contributed by atoms with van der Waals surface area (Å²) in [6.45, 7) is 2.89. The van der Waals surface area contributed by atoms with Crippen LogP contribution in [0.1, 0.15) is 24.6 Å². The Bertz CT molecular complexity index is 594. The van der Waals surface area contributed by atoms with Gasteiger partial charge in [0, 0.05) is 18.9 Å². The number of likely N-dealkylation sites (tertiary alicyclic amines) is 1. The molecule has 1 aliphatic rings. The van der Waals surface area contributed by atoms with Crippen molar-refractivity contribution in [1.29, 1.82) is 0 Å². The minimum Gasteiger partial charge on any atom is -0.468 e. The van der Waals surface area contributed by atoms with E-state index in [9.17, 15) is 4.79 Å². The molecular formula is C17H22N4O2. The lowest BCUT2D eigenvalue weighted by Gasteiger charge is -2.26. The number of nitrogens with one attached hydrogen (secondary N) is 2. The second-order valence-corrected chi connectivity index (χ2v) is 5.67. The van der Waals surface area contributed by atoms with Crippen molar-refractivity contribution >= 4 is 11.6 Å². The van der Waals surface area contributed by atoms with E-state index in [-0.39, 0.29) is 18.5 Å². The second kappa shape index (κ2) is 7.78. The van der Waals surface area contributed by atoms with Gasteiger partial charge in [0.1, 0.15) is 5.76 Å². The van der Waals surface area contributed by atoms with Crippen molar-refractivity contribution in [3.8, 4) is 0 Å². The Balaban J connectivity index is 1.51. The largest absolute Gasteiger partial charge is 0.468 e. The van der Waals surface area contributed by atoms with Gasteiger partial charge in [-0.1, -0.05) is 0 Å². The number of carbonyl (C=O) groups is 1. The Morgan fingerprint density at radius 2 is 2.17 bits per heavy atom. The molecule has 1 saturated heterocycles. The number of hydrogen-bond donors (Lipinski definition) is 2. The van der Waals surface area contributed by atoms with Gasteiger partial charge in [0.2, 0.25) is 5.91 Å². The van der Waals surface area contributed by atoms with Crippen LogP contribution in [0, 0.1) is 0 Å². The van der Waals surface area contributed by atoms with Crippen molar-refractivity contribution < 1.29 is 9.21 Å². The quantitative estimate of drug-likeness (QED) is 0.818. The zero-order valence-corrected chi connectivity index (χ0v) is 13.1. The van der Waals surface area contributed by atoms with Crippen molar-refractivity contribution in [2.24, 2.45) is 0 Å². The molecule has 122 valence electrons.